The Morgan fingerprint density at radius 2 is 1.27 bits per heavy atom. The number of anilines is 1. The quantitative estimate of drug-likeness (QED) is 0.677. The van der Waals surface area contributed by atoms with E-state index in [4.69, 9.17) is 0 Å². The smallest absolute Gasteiger partial charge is 0.238 e. The fourth-order valence-corrected chi connectivity index (χ4v) is 2.89. The van der Waals surface area contributed by atoms with Gasteiger partial charge in [-0.2, -0.15) is 0 Å². The lowest BCUT2D eigenvalue weighted by Gasteiger charge is -2.22. The van der Waals surface area contributed by atoms with Crippen molar-refractivity contribution < 1.29 is 4.79 Å². The summed E-state index contributed by atoms with van der Waals surface area (Å²) in [4.78, 5) is 14.7. The molecule has 1 amide bonds. The summed E-state index contributed by atoms with van der Waals surface area (Å²) in [6.45, 7) is 3.85. The molecule has 0 bridgehead atoms. The van der Waals surface area contributed by atoms with Crippen LogP contribution in [-0.2, 0) is 17.9 Å². The van der Waals surface area contributed by atoms with Crippen molar-refractivity contribution >= 4 is 11.6 Å². The Morgan fingerprint density at radius 3 is 1.77 bits per heavy atom. The van der Waals surface area contributed by atoms with E-state index in [1.807, 2.05) is 67.6 Å². The maximum absolute atomic E-state index is 12.5. The summed E-state index contributed by atoms with van der Waals surface area (Å²) in [5, 5.41) is 2.99. The maximum atomic E-state index is 12.5. The Morgan fingerprint density at radius 1 is 0.769 bits per heavy atom. The van der Waals surface area contributed by atoms with Gasteiger partial charge in [0.1, 0.15) is 0 Å². The van der Waals surface area contributed by atoms with E-state index in [2.05, 4.69) is 34.5 Å². The molecule has 0 aromatic heterocycles. The molecule has 3 aromatic carbocycles. The molecule has 3 heteroatoms. The number of rotatable bonds is 7. The number of amides is 1. The van der Waals surface area contributed by atoms with Gasteiger partial charge in [-0.1, -0.05) is 78.4 Å². The highest BCUT2D eigenvalue weighted by molar-refractivity contribution is 5.92. The van der Waals surface area contributed by atoms with Crippen LogP contribution in [0.1, 0.15) is 16.7 Å². The topological polar surface area (TPSA) is 32.3 Å². The first kappa shape index (κ1) is 17.9. The van der Waals surface area contributed by atoms with Crippen LogP contribution in [0.25, 0.3) is 0 Å². The monoisotopic (exact) mass is 344 g/mol. The van der Waals surface area contributed by atoms with Gasteiger partial charge in [0.2, 0.25) is 5.91 Å². The zero-order valence-corrected chi connectivity index (χ0v) is 15.1. The molecule has 132 valence electrons. The molecule has 0 unspecified atom stereocenters. The number of nitrogens with zero attached hydrogens (tertiary/aromatic N) is 1. The lowest BCUT2D eigenvalue weighted by molar-refractivity contribution is -0.117. The number of hydrogen-bond acceptors (Lipinski definition) is 2. The number of benzene rings is 3. The van der Waals surface area contributed by atoms with E-state index in [-0.39, 0.29) is 5.91 Å². The summed E-state index contributed by atoms with van der Waals surface area (Å²) in [7, 11) is 0. The van der Waals surface area contributed by atoms with E-state index in [1.165, 1.54) is 16.7 Å². The Kier molecular flexibility index (Phi) is 6.18. The zero-order valence-electron chi connectivity index (χ0n) is 15.1. The highest BCUT2D eigenvalue weighted by Gasteiger charge is 2.12. The van der Waals surface area contributed by atoms with Crippen molar-refractivity contribution in [1.82, 2.24) is 4.90 Å². The van der Waals surface area contributed by atoms with Gasteiger partial charge in [-0.3, -0.25) is 9.69 Å². The van der Waals surface area contributed by atoms with Crippen LogP contribution in [0.5, 0.6) is 0 Å². The summed E-state index contributed by atoms with van der Waals surface area (Å²) < 4.78 is 0. The third-order valence-corrected chi connectivity index (χ3v) is 4.20. The standard InChI is InChI=1S/C23H24N2O/c1-19-12-14-22(15-13-19)24-23(26)18-25(16-20-8-4-2-5-9-20)17-21-10-6-3-7-11-21/h2-15H,16-18H2,1H3,(H,24,26). The molecular formula is C23H24N2O. The van der Waals surface area contributed by atoms with Crippen molar-refractivity contribution in [2.45, 2.75) is 20.0 Å². The van der Waals surface area contributed by atoms with Gasteiger partial charge in [-0.15, -0.1) is 0 Å². The third kappa shape index (κ3) is 5.57. The molecular weight excluding hydrogens is 320 g/mol. The van der Waals surface area contributed by atoms with Crippen LogP contribution in [0.15, 0.2) is 84.9 Å². The normalized spacial score (nSPS) is 10.7. The minimum absolute atomic E-state index is 0.000662. The maximum Gasteiger partial charge on any atom is 0.238 e. The number of carbonyl (C=O) groups is 1. The minimum Gasteiger partial charge on any atom is -0.325 e. The van der Waals surface area contributed by atoms with Crippen molar-refractivity contribution in [2.75, 3.05) is 11.9 Å². The Bertz CT molecular complexity index is 772. The van der Waals surface area contributed by atoms with E-state index in [9.17, 15) is 4.79 Å². The van der Waals surface area contributed by atoms with E-state index in [1.54, 1.807) is 0 Å². The van der Waals surface area contributed by atoms with Gasteiger partial charge >= 0.3 is 0 Å². The Labute approximate surface area is 155 Å². The fraction of sp³-hybridized carbons (Fsp3) is 0.174. The molecule has 0 atom stereocenters. The predicted molar refractivity (Wildman–Crippen MR) is 107 cm³/mol. The molecule has 0 spiro atoms. The van der Waals surface area contributed by atoms with Crippen LogP contribution in [0.2, 0.25) is 0 Å². The fourth-order valence-electron chi connectivity index (χ4n) is 2.89. The van der Waals surface area contributed by atoms with E-state index >= 15 is 0 Å². The molecule has 0 saturated heterocycles. The van der Waals surface area contributed by atoms with Crippen LogP contribution in [0, 0.1) is 6.92 Å². The predicted octanol–water partition coefficient (Wildman–Crippen LogP) is 4.64. The lowest BCUT2D eigenvalue weighted by Crippen LogP contribution is -2.32. The van der Waals surface area contributed by atoms with Crippen molar-refractivity contribution in [3.8, 4) is 0 Å². The molecule has 3 nitrogen and oxygen atoms in total. The number of hydrogen-bond donors (Lipinski definition) is 1. The van der Waals surface area contributed by atoms with Gasteiger partial charge in [-0.25, -0.2) is 0 Å². The summed E-state index contributed by atoms with van der Waals surface area (Å²) in [6.07, 6.45) is 0. The van der Waals surface area contributed by atoms with Crippen LogP contribution >= 0.6 is 0 Å². The first-order chi connectivity index (χ1) is 12.7. The average Bonchev–Trinajstić information content (AvgIpc) is 2.65. The SMILES string of the molecule is Cc1ccc(NC(=O)CN(Cc2ccccc2)Cc2ccccc2)cc1. The van der Waals surface area contributed by atoms with E-state index in [0.717, 1.165) is 18.8 Å². The first-order valence-electron chi connectivity index (χ1n) is 8.86. The largest absolute Gasteiger partial charge is 0.325 e. The summed E-state index contributed by atoms with van der Waals surface area (Å²) in [5.74, 6) is 0.000662. The van der Waals surface area contributed by atoms with Gasteiger partial charge in [-0.05, 0) is 30.2 Å². The summed E-state index contributed by atoms with van der Waals surface area (Å²) in [5.41, 5.74) is 4.41. The van der Waals surface area contributed by atoms with Gasteiger partial charge in [0.15, 0.2) is 0 Å². The van der Waals surface area contributed by atoms with Crippen molar-refractivity contribution in [1.29, 1.82) is 0 Å². The lowest BCUT2D eigenvalue weighted by atomic mass is 10.1. The van der Waals surface area contributed by atoms with Gasteiger partial charge < -0.3 is 5.32 Å². The molecule has 0 radical (unpaired) electrons. The molecule has 26 heavy (non-hydrogen) atoms. The van der Waals surface area contributed by atoms with E-state index < -0.39 is 0 Å². The molecule has 0 fully saturated rings. The molecule has 0 saturated carbocycles. The molecule has 3 rings (SSSR count). The minimum atomic E-state index is 0.000662. The van der Waals surface area contributed by atoms with Crippen LogP contribution < -0.4 is 5.32 Å². The van der Waals surface area contributed by atoms with Crippen molar-refractivity contribution in [3.63, 3.8) is 0 Å². The average molecular weight is 344 g/mol. The zero-order chi connectivity index (χ0) is 18.2. The molecule has 3 aromatic rings. The highest BCUT2D eigenvalue weighted by atomic mass is 16.2. The van der Waals surface area contributed by atoms with E-state index in [0.29, 0.717) is 6.54 Å². The summed E-state index contributed by atoms with van der Waals surface area (Å²) >= 11 is 0. The molecule has 0 aliphatic heterocycles. The number of aryl methyl sites for hydroxylation is 1. The Balaban J connectivity index is 1.67. The van der Waals surface area contributed by atoms with Gasteiger partial charge in [0.05, 0.1) is 6.54 Å². The van der Waals surface area contributed by atoms with Crippen molar-refractivity contribution in [2.24, 2.45) is 0 Å². The number of carbonyl (C=O) groups excluding carboxylic acids is 1. The highest BCUT2D eigenvalue weighted by Crippen LogP contribution is 2.12. The number of nitrogens with one attached hydrogen (secondary N) is 1. The summed E-state index contributed by atoms with van der Waals surface area (Å²) in [6, 6.07) is 28.4. The second kappa shape index (κ2) is 8.97. The second-order valence-corrected chi connectivity index (χ2v) is 6.53. The van der Waals surface area contributed by atoms with Gasteiger partial charge in [0, 0.05) is 18.8 Å². The van der Waals surface area contributed by atoms with Crippen molar-refractivity contribution in [3.05, 3.63) is 102 Å². The molecule has 0 heterocycles. The molecule has 0 aliphatic rings. The van der Waals surface area contributed by atoms with Crippen LogP contribution in [0.3, 0.4) is 0 Å². The first-order valence-corrected chi connectivity index (χ1v) is 8.86. The van der Waals surface area contributed by atoms with Crippen LogP contribution in [-0.4, -0.2) is 17.4 Å². The van der Waals surface area contributed by atoms with Crippen LogP contribution in [0.4, 0.5) is 5.69 Å². The van der Waals surface area contributed by atoms with Gasteiger partial charge in [0.25, 0.3) is 0 Å². The molecule has 1 N–H and O–H groups in total. The Hall–Kier alpha value is -2.91. The second-order valence-electron chi connectivity index (χ2n) is 6.53. The molecule has 0 aliphatic carbocycles. The third-order valence-electron chi connectivity index (χ3n) is 4.20.